The van der Waals surface area contributed by atoms with Gasteiger partial charge in [0, 0.05) is 4.47 Å². The standard InChI is InChI=1S/C7H4BrNOS/c8-5-2-4-11-7(5)6(10)1-3-9/h2,4H,1H2. The Morgan fingerprint density at radius 2 is 2.55 bits per heavy atom. The summed E-state index contributed by atoms with van der Waals surface area (Å²) in [5.74, 6) is -0.116. The number of hydrogen-bond acceptors (Lipinski definition) is 3. The first-order valence-corrected chi connectivity index (χ1v) is 4.56. The molecule has 0 saturated carbocycles. The van der Waals surface area contributed by atoms with Crippen LogP contribution in [0.1, 0.15) is 16.1 Å². The summed E-state index contributed by atoms with van der Waals surface area (Å²) in [4.78, 5) is 11.7. The van der Waals surface area contributed by atoms with Gasteiger partial charge in [0.1, 0.15) is 0 Å². The van der Waals surface area contributed by atoms with Gasteiger partial charge in [0.2, 0.25) is 0 Å². The van der Waals surface area contributed by atoms with Crippen LogP contribution in [0.3, 0.4) is 0 Å². The largest absolute Gasteiger partial charge is 0.292 e. The number of rotatable bonds is 2. The summed E-state index contributed by atoms with van der Waals surface area (Å²) >= 11 is 4.57. The molecule has 0 N–H and O–H groups in total. The van der Waals surface area contributed by atoms with Crippen LogP contribution in [-0.2, 0) is 0 Å². The van der Waals surface area contributed by atoms with Crippen LogP contribution in [0, 0.1) is 11.3 Å². The maximum Gasteiger partial charge on any atom is 0.187 e. The van der Waals surface area contributed by atoms with Gasteiger partial charge in [0.25, 0.3) is 0 Å². The molecule has 0 saturated heterocycles. The average molecular weight is 230 g/mol. The van der Waals surface area contributed by atoms with E-state index in [1.54, 1.807) is 6.07 Å². The fraction of sp³-hybridized carbons (Fsp3) is 0.143. The van der Waals surface area contributed by atoms with E-state index in [0.717, 1.165) is 4.47 Å². The van der Waals surface area contributed by atoms with E-state index < -0.39 is 0 Å². The molecule has 0 fully saturated rings. The highest BCUT2D eigenvalue weighted by Crippen LogP contribution is 2.23. The molecule has 0 aliphatic rings. The van der Waals surface area contributed by atoms with Gasteiger partial charge in [0.05, 0.1) is 17.4 Å². The van der Waals surface area contributed by atoms with E-state index in [9.17, 15) is 4.79 Å². The Bertz CT molecular complexity index is 312. The van der Waals surface area contributed by atoms with Crippen molar-refractivity contribution in [2.45, 2.75) is 6.42 Å². The molecule has 0 aromatic carbocycles. The minimum atomic E-state index is -0.116. The molecule has 1 aromatic heterocycles. The number of hydrogen-bond donors (Lipinski definition) is 0. The molecule has 2 nitrogen and oxygen atoms in total. The first kappa shape index (κ1) is 8.44. The highest BCUT2D eigenvalue weighted by molar-refractivity contribution is 9.10. The highest BCUT2D eigenvalue weighted by Gasteiger charge is 2.09. The molecule has 0 aliphatic carbocycles. The molecule has 1 heterocycles. The fourth-order valence-electron chi connectivity index (χ4n) is 0.645. The molecule has 4 heteroatoms. The van der Waals surface area contributed by atoms with Gasteiger partial charge in [-0.3, -0.25) is 4.79 Å². The Morgan fingerprint density at radius 1 is 1.82 bits per heavy atom. The average Bonchev–Trinajstić information content (AvgIpc) is 2.36. The summed E-state index contributed by atoms with van der Waals surface area (Å²) in [5, 5.41) is 10.1. The molecule has 0 bridgehead atoms. The Balaban J connectivity index is 2.86. The van der Waals surface area contributed by atoms with E-state index in [1.165, 1.54) is 11.3 Å². The number of thiophene rings is 1. The molecule has 0 spiro atoms. The van der Waals surface area contributed by atoms with Crippen molar-refractivity contribution < 1.29 is 4.79 Å². The van der Waals surface area contributed by atoms with Crippen molar-refractivity contribution in [1.29, 1.82) is 5.26 Å². The predicted molar refractivity (Wildman–Crippen MR) is 46.6 cm³/mol. The third-order valence-electron chi connectivity index (χ3n) is 1.11. The van der Waals surface area contributed by atoms with Crippen molar-refractivity contribution in [2.75, 3.05) is 0 Å². The van der Waals surface area contributed by atoms with E-state index in [2.05, 4.69) is 15.9 Å². The van der Waals surface area contributed by atoms with Crippen molar-refractivity contribution >= 4 is 33.0 Å². The number of halogens is 1. The number of carbonyl (C=O) groups excluding carboxylic acids is 1. The lowest BCUT2D eigenvalue weighted by Crippen LogP contribution is -1.93. The Kier molecular flexibility index (Phi) is 2.80. The second kappa shape index (κ2) is 3.65. The quantitative estimate of drug-likeness (QED) is 0.732. The molecule has 11 heavy (non-hydrogen) atoms. The third-order valence-corrected chi connectivity index (χ3v) is 2.99. The molecular weight excluding hydrogens is 226 g/mol. The smallest absolute Gasteiger partial charge is 0.187 e. The van der Waals surface area contributed by atoms with Gasteiger partial charge in [-0.15, -0.1) is 11.3 Å². The predicted octanol–water partition coefficient (Wildman–Crippen LogP) is 2.61. The van der Waals surface area contributed by atoms with Crippen LogP contribution in [-0.4, -0.2) is 5.78 Å². The maximum absolute atomic E-state index is 11.1. The second-order valence-corrected chi connectivity index (χ2v) is 3.63. The lowest BCUT2D eigenvalue weighted by molar-refractivity contribution is 0.100. The third kappa shape index (κ3) is 1.88. The molecule has 0 atom stereocenters. The summed E-state index contributed by atoms with van der Waals surface area (Å²) in [6.07, 6.45) is -0.0425. The Hall–Kier alpha value is -0.660. The van der Waals surface area contributed by atoms with Crippen LogP contribution >= 0.6 is 27.3 Å². The second-order valence-electron chi connectivity index (χ2n) is 1.86. The zero-order valence-corrected chi connectivity index (χ0v) is 7.91. The number of Topliss-reactive ketones (excluding diaryl/α,β-unsaturated/α-hetero) is 1. The van der Waals surface area contributed by atoms with Crippen LogP contribution in [0.15, 0.2) is 15.9 Å². The molecule has 1 aromatic rings. The van der Waals surface area contributed by atoms with E-state index in [-0.39, 0.29) is 12.2 Å². The highest BCUT2D eigenvalue weighted by atomic mass is 79.9. The number of ketones is 1. The molecule has 1 rings (SSSR count). The number of carbonyl (C=O) groups is 1. The lowest BCUT2D eigenvalue weighted by atomic mass is 10.2. The molecular formula is C7H4BrNOS. The summed E-state index contributed by atoms with van der Waals surface area (Å²) < 4.78 is 0.780. The minimum Gasteiger partial charge on any atom is -0.292 e. The molecule has 0 radical (unpaired) electrons. The van der Waals surface area contributed by atoms with Gasteiger partial charge in [-0.05, 0) is 27.4 Å². The normalized spacial score (nSPS) is 9.09. The van der Waals surface area contributed by atoms with Crippen LogP contribution in [0.25, 0.3) is 0 Å². The van der Waals surface area contributed by atoms with Crippen LogP contribution in [0.5, 0.6) is 0 Å². The molecule has 0 aliphatic heterocycles. The first-order chi connectivity index (χ1) is 5.25. The van der Waals surface area contributed by atoms with Crippen molar-refractivity contribution in [3.05, 3.63) is 20.8 Å². The van der Waals surface area contributed by atoms with Crippen LogP contribution in [0.4, 0.5) is 0 Å². The maximum atomic E-state index is 11.1. The van der Waals surface area contributed by atoms with Crippen LogP contribution < -0.4 is 0 Å². The SMILES string of the molecule is N#CCC(=O)c1sccc1Br. The lowest BCUT2D eigenvalue weighted by Gasteiger charge is -1.89. The van der Waals surface area contributed by atoms with Gasteiger partial charge in [-0.25, -0.2) is 0 Å². The van der Waals surface area contributed by atoms with E-state index >= 15 is 0 Å². The number of nitriles is 1. The Labute approximate surface area is 76.6 Å². The molecule has 0 unspecified atom stereocenters. The summed E-state index contributed by atoms with van der Waals surface area (Å²) in [7, 11) is 0. The number of nitrogens with zero attached hydrogens (tertiary/aromatic N) is 1. The van der Waals surface area contributed by atoms with Gasteiger partial charge in [0.15, 0.2) is 5.78 Å². The van der Waals surface area contributed by atoms with Gasteiger partial charge in [-0.1, -0.05) is 0 Å². The van der Waals surface area contributed by atoms with Gasteiger partial charge >= 0.3 is 0 Å². The topological polar surface area (TPSA) is 40.9 Å². The zero-order chi connectivity index (χ0) is 8.27. The van der Waals surface area contributed by atoms with Crippen molar-refractivity contribution in [3.8, 4) is 6.07 Å². The summed E-state index contributed by atoms with van der Waals surface area (Å²) in [6, 6.07) is 3.62. The monoisotopic (exact) mass is 229 g/mol. The van der Waals surface area contributed by atoms with Crippen molar-refractivity contribution in [2.24, 2.45) is 0 Å². The van der Waals surface area contributed by atoms with E-state index in [0.29, 0.717) is 4.88 Å². The first-order valence-electron chi connectivity index (χ1n) is 2.89. The van der Waals surface area contributed by atoms with Crippen molar-refractivity contribution in [1.82, 2.24) is 0 Å². The Morgan fingerprint density at radius 3 is 3.00 bits per heavy atom. The fourth-order valence-corrected chi connectivity index (χ4v) is 2.18. The summed E-state index contributed by atoms with van der Waals surface area (Å²) in [6.45, 7) is 0. The van der Waals surface area contributed by atoms with Gasteiger partial charge < -0.3 is 0 Å². The summed E-state index contributed by atoms with van der Waals surface area (Å²) in [5.41, 5.74) is 0. The molecule has 56 valence electrons. The minimum absolute atomic E-state index is 0.0425. The molecule has 0 amide bonds. The van der Waals surface area contributed by atoms with Gasteiger partial charge in [-0.2, -0.15) is 5.26 Å². The van der Waals surface area contributed by atoms with E-state index in [4.69, 9.17) is 5.26 Å². The van der Waals surface area contributed by atoms with Crippen LogP contribution in [0.2, 0.25) is 0 Å². The zero-order valence-electron chi connectivity index (χ0n) is 5.50. The van der Waals surface area contributed by atoms with E-state index in [1.807, 2.05) is 11.4 Å². The van der Waals surface area contributed by atoms with Crippen molar-refractivity contribution in [3.63, 3.8) is 0 Å².